The maximum absolute atomic E-state index is 10.3. The minimum Gasteiger partial charge on any atom is -0.493 e. The Labute approximate surface area is 98.6 Å². The van der Waals surface area contributed by atoms with Gasteiger partial charge in [-0.1, -0.05) is 0 Å². The maximum atomic E-state index is 10.3. The lowest BCUT2D eigenvalue weighted by molar-refractivity contribution is -0.400. The van der Waals surface area contributed by atoms with E-state index in [0.29, 0.717) is 22.8 Å². The summed E-state index contributed by atoms with van der Waals surface area (Å²) in [4.78, 5) is 9.73. The van der Waals surface area contributed by atoms with Crippen LogP contribution in [-0.2, 0) is 0 Å². The second-order valence-corrected chi connectivity index (χ2v) is 3.02. The van der Waals surface area contributed by atoms with Gasteiger partial charge in [-0.05, 0) is 12.1 Å². The molecule has 1 rings (SSSR count). The standard InChI is InChI=1S/C11H13NO5/c1-15-9-5-4-8(6-7-12(13)14)10(16-2)11(9)17-3/h4-7H,1-3H3/b7-6+. The summed E-state index contributed by atoms with van der Waals surface area (Å²) in [7, 11) is 4.44. The molecule has 92 valence electrons. The molecule has 0 unspecified atom stereocenters. The highest BCUT2D eigenvalue weighted by Gasteiger charge is 2.14. The molecular formula is C11H13NO5. The van der Waals surface area contributed by atoms with Crippen molar-refractivity contribution >= 4 is 6.08 Å². The fraction of sp³-hybridized carbons (Fsp3) is 0.273. The number of benzene rings is 1. The van der Waals surface area contributed by atoms with E-state index >= 15 is 0 Å². The molecule has 0 saturated carbocycles. The smallest absolute Gasteiger partial charge is 0.235 e. The number of rotatable bonds is 5. The Bertz CT molecular complexity index is 442. The molecule has 6 nitrogen and oxygen atoms in total. The van der Waals surface area contributed by atoms with Crippen LogP contribution < -0.4 is 14.2 Å². The molecule has 0 radical (unpaired) electrons. The van der Waals surface area contributed by atoms with Gasteiger partial charge in [0.25, 0.3) is 0 Å². The van der Waals surface area contributed by atoms with Gasteiger partial charge in [-0.2, -0.15) is 0 Å². The van der Waals surface area contributed by atoms with Crippen LogP contribution in [0.2, 0.25) is 0 Å². The average molecular weight is 239 g/mol. The number of ether oxygens (including phenoxy) is 3. The normalized spacial score (nSPS) is 10.3. The summed E-state index contributed by atoms with van der Waals surface area (Å²) in [5.41, 5.74) is 0.543. The quantitative estimate of drug-likeness (QED) is 0.580. The highest BCUT2D eigenvalue weighted by molar-refractivity contribution is 5.66. The fourth-order valence-electron chi connectivity index (χ4n) is 1.40. The maximum Gasteiger partial charge on any atom is 0.235 e. The molecule has 0 aromatic heterocycles. The summed E-state index contributed by atoms with van der Waals surface area (Å²) < 4.78 is 15.4. The van der Waals surface area contributed by atoms with Gasteiger partial charge in [-0.15, -0.1) is 0 Å². The van der Waals surface area contributed by atoms with Crippen LogP contribution in [0, 0.1) is 10.1 Å². The summed E-state index contributed by atoms with van der Waals surface area (Å²) in [6.07, 6.45) is 2.17. The molecule has 6 heteroatoms. The minimum atomic E-state index is -0.545. The Hall–Kier alpha value is -2.24. The number of nitro groups is 1. The largest absolute Gasteiger partial charge is 0.493 e. The van der Waals surface area contributed by atoms with Crippen molar-refractivity contribution in [3.63, 3.8) is 0 Å². The Morgan fingerprint density at radius 3 is 2.24 bits per heavy atom. The van der Waals surface area contributed by atoms with Crippen LogP contribution in [0.25, 0.3) is 6.08 Å². The minimum absolute atomic E-state index is 0.393. The van der Waals surface area contributed by atoms with Gasteiger partial charge >= 0.3 is 0 Å². The molecule has 0 atom stereocenters. The lowest BCUT2D eigenvalue weighted by atomic mass is 10.1. The highest BCUT2D eigenvalue weighted by Crippen LogP contribution is 2.40. The van der Waals surface area contributed by atoms with Gasteiger partial charge in [0, 0.05) is 11.6 Å². The molecule has 0 heterocycles. The van der Waals surface area contributed by atoms with Crippen LogP contribution >= 0.6 is 0 Å². The first-order valence-electron chi connectivity index (χ1n) is 4.74. The van der Waals surface area contributed by atoms with E-state index in [1.165, 1.54) is 27.4 Å². The van der Waals surface area contributed by atoms with E-state index in [1.807, 2.05) is 0 Å². The molecule has 1 aromatic carbocycles. The van der Waals surface area contributed by atoms with Crippen molar-refractivity contribution in [1.29, 1.82) is 0 Å². The number of hydrogen-bond donors (Lipinski definition) is 0. The van der Waals surface area contributed by atoms with E-state index in [0.717, 1.165) is 6.20 Å². The van der Waals surface area contributed by atoms with Gasteiger partial charge in [0.15, 0.2) is 11.5 Å². The molecule has 17 heavy (non-hydrogen) atoms. The molecule has 0 spiro atoms. The molecule has 1 aromatic rings. The zero-order chi connectivity index (χ0) is 12.8. The first-order chi connectivity index (χ1) is 8.13. The third kappa shape index (κ3) is 2.87. The van der Waals surface area contributed by atoms with Gasteiger partial charge in [0.05, 0.1) is 26.3 Å². The van der Waals surface area contributed by atoms with Crippen LogP contribution in [0.1, 0.15) is 5.56 Å². The monoisotopic (exact) mass is 239 g/mol. The van der Waals surface area contributed by atoms with E-state index in [1.54, 1.807) is 12.1 Å². The Morgan fingerprint density at radius 1 is 1.12 bits per heavy atom. The topological polar surface area (TPSA) is 70.8 Å². The van der Waals surface area contributed by atoms with E-state index < -0.39 is 4.92 Å². The van der Waals surface area contributed by atoms with Crippen molar-refractivity contribution in [2.45, 2.75) is 0 Å². The van der Waals surface area contributed by atoms with Gasteiger partial charge in [-0.3, -0.25) is 10.1 Å². The van der Waals surface area contributed by atoms with Gasteiger partial charge in [-0.25, -0.2) is 0 Å². The molecule has 0 aliphatic rings. The zero-order valence-electron chi connectivity index (χ0n) is 9.80. The van der Waals surface area contributed by atoms with E-state index in [-0.39, 0.29) is 0 Å². The molecule has 0 aliphatic carbocycles. The SMILES string of the molecule is COc1ccc(/C=C/[N+](=O)[O-])c(OC)c1OC. The predicted molar refractivity (Wildman–Crippen MR) is 62.1 cm³/mol. The average Bonchev–Trinajstić information content (AvgIpc) is 2.34. The van der Waals surface area contributed by atoms with Crippen molar-refractivity contribution in [2.75, 3.05) is 21.3 Å². The first kappa shape index (κ1) is 12.8. The van der Waals surface area contributed by atoms with Crippen molar-refractivity contribution in [1.82, 2.24) is 0 Å². The van der Waals surface area contributed by atoms with Crippen LogP contribution in [0.4, 0.5) is 0 Å². The third-order valence-corrected chi connectivity index (χ3v) is 2.11. The summed E-state index contributed by atoms with van der Waals surface area (Å²) in [5, 5.41) is 10.3. The van der Waals surface area contributed by atoms with Gasteiger partial charge < -0.3 is 14.2 Å². The Kier molecular flexibility index (Phi) is 4.33. The molecule has 0 amide bonds. The first-order valence-corrected chi connectivity index (χ1v) is 4.74. The Morgan fingerprint density at radius 2 is 1.76 bits per heavy atom. The van der Waals surface area contributed by atoms with E-state index in [9.17, 15) is 10.1 Å². The molecule has 0 fully saturated rings. The predicted octanol–water partition coefficient (Wildman–Crippen LogP) is 1.96. The molecule has 0 saturated heterocycles. The van der Waals surface area contributed by atoms with Crippen molar-refractivity contribution in [2.24, 2.45) is 0 Å². The van der Waals surface area contributed by atoms with Crippen LogP contribution in [-0.4, -0.2) is 26.3 Å². The van der Waals surface area contributed by atoms with Gasteiger partial charge in [0.2, 0.25) is 11.9 Å². The molecule has 0 aliphatic heterocycles. The van der Waals surface area contributed by atoms with Crippen molar-refractivity contribution < 1.29 is 19.1 Å². The zero-order valence-corrected chi connectivity index (χ0v) is 9.80. The third-order valence-electron chi connectivity index (χ3n) is 2.11. The second-order valence-electron chi connectivity index (χ2n) is 3.02. The van der Waals surface area contributed by atoms with E-state index in [4.69, 9.17) is 14.2 Å². The second kappa shape index (κ2) is 5.74. The van der Waals surface area contributed by atoms with E-state index in [2.05, 4.69) is 0 Å². The fourth-order valence-corrected chi connectivity index (χ4v) is 1.40. The molecule has 0 N–H and O–H groups in total. The summed E-state index contributed by atoms with van der Waals surface area (Å²) in [6, 6.07) is 3.31. The van der Waals surface area contributed by atoms with Crippen LogP contribution in [0.3, 0.4) is 0 Å². The molecule has 0 bridgehead atoms. The number of hydrogen-bond acceptors (Lipinski definition) is 5. The lowest BCUT2D eigenvalue weighted by Crippen LogP contribution is -1.96. The highest BCUT2D eigenvalue weighted by atomic mass is 16.6. The van der Waals surface area contributed by atoms with Crippen molar-refractivity contribution in [3.05, 3.63) is 34.0 Å². The van der Waals surface area contributed by atoms with Gasteiger partial charge in [0.1, 0.15) is 0 Å². The number of methoxy groups -OCH3 is 3. The molecular weight excluding hydrogens is 226 g/mol. The lowest BCUT2D eigenvalue weighted by Gasteiger charge is -2.13. The van der Waals surface area contributed by atoms with Crippen molar-refractivity contribution in [3.8, 4) is 17.2 Å². The van der Waals surface area contributed by atoms with Crippen LogP contribution in [0.5, 0.6) is 17.2 Å². The number of nitrogens with zero attached hydrogens (tertiary/aromatic N) is 1. The summed E-state index contributed by atoms with van der Waals surface area (Å²) in [5.74, 6) is 1.30. The Balaban J connectivity index is 3.28. The van der Waals surface area contributed by atoms with Crippen LogP contribution in [0.15, 0.2) is 18.3 Å². The summed E-state index contributed by atoms with van der Waals surface area (Å²) >= 11 is 0. The summed E-state index contributed by atoms with van der Waals surface area (Å²) in [6.45, 7) is 0.